The molecule has 1 aromatic heterocycles. The van der Waals surface area contributed by atoms with Gasteiger partial charge in [0, 0.05) is 27.2 Å². The van der Waals surface area contributed by atoms with Gasteiger partial charge in [0.25, 0.3) is 0 Å². The summed E-state index contributed by atoms with van der Waals surface area (Å²) < 4.78 is 22.9. The molecule has 0 saturated heterocycles. The molecular formula is C14H19N3O2S2. The van der Waals surface area contributed by atoms with E-state index in [2.05, 4.69) is 25.2 Å². The maximum Gasteiger partial charge on any atom is 0.238 e. The van der Waals surface area contributed by atoms with Crippen molar-refractivity contribution in [2.24, 2.45) is 5.14 Å². The summed E-state index contributed by atoms with van der Waals surface area (Å²) in [7, 11) is -3.77. The lowest BCUT2D eigenvalue weighted by molar-refractivity contribution is 0.598. The van der Waals surface area contributed by atoms with E-state index in [1.807, 2.05) is 6.92 Å². The van der Waals surface area contributed by atoms with Crippen LogP contribution in [0.25, 0.3) is 0 Å². The van der Waals surface area contributed by atoms with Crippen LogP contribution in [0.4, 0.5) is 11.4 Å². The minimum absolute atomic E-state index is 0.00965. The zero-order valence-electron chi connectivity index (χ0n) is 12.2. The second-order valence-electron chi connectivity index (χ2n) is 5.07. The van der Waals surface area contributed by atoms with E-state index in [0.717, 1.165) is 0 Å². The second-order valence-corrected chi connectivity index (χ2v) is 8.09. The minimum Gasteiger partial charge on any atom is -0.399 e. The fourth-order valence-corrected chi connectivity index (χ4v) is 3.89. The molecule has 0 radical (unpaired) electrons. The van der Waals surface area contributed by atoms with Crippen molar-refractivity contribution in [3.05, 3.63) is 39.6 Å². The number of anilines is 2. The molecule has 5 nitrogen and oxygen atoms in total. The van der Waals surface area contributed by atoms with Gasteiger partial charge in [0.05, 0.1) is 4.90 Å². The molecule has 0 fully saturated rings. The van der Waals surface area contributed by atoms with Crippen LogP contribution in [0.2, 0.25) is 0 Å². The van der Waals surface area contributed by atoms with E-state index in [1.165, 1.54) is 27.5 Å². The third-order valence-electron chi connectivity index (χ3n) is 3.19. The van der Waals surface area contributed by atoms with Crippen LogP contribution >= 0.6 is 11.3 Å². The number of primary sulfonamides is 1. The molecule has 2 rings (SSSR count). The molecule has 21 heavy (non-hydrogen) atoms. The third kappa shape index (κ3) is 3.75. The molecule has 7 heteroatoms. The standard InChI is InChI=1S/C14H19N3O2S2/c1-8-4-14(10(3)20-8)9(2)17-12-5-11(15)6-13(7-12)21(16,18)19/h4-7,9,17H,15H2,1-3H3,(H2,16,18,19). The lowest BCUT2D eigenvalue weighted by Crippen LogP contribution is -2.14. The Labute approximate surface area is 129 Å². The number of nitrogen functional groups attached to an aromatic ring is 1. The SMILES string of the molecule is Cc1cc(C(C)Nc2cc(N)cc(S(N)(=O)=O)c2)c(C)s1. The molecule has 0 amide bonds. The van der Waals surface area contributed by atoms with E-state index < -0.39 is 10.0 Å². The van der Waals surface area contributed by atoms with E-state index in [-0.39, 0.29) is 10.9 Å². The Morgan fingerprint density at radius 3 is 2.38 bits per heavy atom. The summed E-state index contributed by atoms with van der Waals surface area (Å²) >= 11 is 1.74. The number of rotatable bonds is 4. The number of aryl methyl sites for hydroxylation is 2. The van der Waals surface area contributed by atoms with E-state index in [4.69, 9.17) is 10.9 Å². The first kappa shape index (κ1) is 15.8. The molecule has 1 aromatic carbocycles. The first-order valence-corrected chi connectivity index (χ1v) is 8.80. The Kier molecular flexibility index (Phi) is 4.27. The zero-order chi connectivity index (χ0) is 15.8. The molecule has 1 unspecified atom stereocenters. The quantitative estimate of drug-likeness (QED) is 0.753. The monoisotopic (exact) mass is 325 g/mol. The fourth-order valence-electron chi connectivity index (χ4n) is 2.28. The molecule has 2 aromatic rings. The second kappa shape index (κ2) is 5.67. The molecule has 1 heterocycles. The summed E-state index contributed by atoms with van der Waals surface area (Å²) in [6, 6.07) is 6.72. The molecule has 0 aliphatic rings. The number of hydrogen-bond donors (Lipinski definition) is 3. The first-order valence-electron chi connectivity index (χ1n) is 6.43. The summed E-state index contributed by atoms with van der Waals surface area (Å²) in [6.45, 7) is 6.15. The van der Waals surface area contributed by atoms with Gasteiger partial charge >= 0.3 is 0 Å². The fraction of sp³-hybridized carbons (Fsp3) is 0.286. The summed E-state index contributed by atoms with van der Waals surface area (Å²) in [5, 5.41) is 8.43. The molecule has 0 bridgehead atoms. The largest absolute Gasteiger partial charge is 0.399 e. The van der Waals surface area contributed by atoms with E-state index >= 15 is 0 Å². The molecule has 1 atom stereocenters. The Morgan fingerprint density at radius 1 is 1.19 bits per heavy atom. The van der Waals surface area contributed by atoms with Gasteiger partial charge in [-0.1, -0.05) is 0 Å². The third-order valence-corrected chi connectivity index (χ3v) is 5.06. The molecule has 0 saturated carbocycles. The highest BCUT2D eigenvalue weighted by atomic mass is 32.2. The molecule has 114 valence electrons. The maximum absolute atomic E-state index is 11.4. The van der Waals surface area contributed by atoms with Crippen LogP contribution in [0.15, 0.2) is 29.2 Å². The Bertz CT molecular complexity index is 767. The smallest absolute Gasteiger partial charge is 0.238 e. The van der Waals surface area contributed by atoms with Gasteiger partial charge in [-0.15, -0.1) is 11.3 Å². The van der Waals surface area contributed by atoms with Crippen LogP contribution in [-0.2, 0) is 10.0 Å². The van der Waals surface area contributed by atoms with Crippen LogP contribution in [0.3, 0.4) is 0 Å². The number of benzene rings is 1. The van der Waals surface area contributed by atoms with Crippen molar-refractivity contribution in [3.8, 4) is 0 Å². The Hall–Kier alpha value is -1.57. The van der Waals surface area contributed by atoms with Crippen LogP contribution < -0.4 is 16.2 Å². The van der Waals surface area contributed by atoms with E-state index in [0.29, 0.717) is 11.4 Å². The summed E-state index contributed by atoms with van der Waals surface area (Å²) in [4.78, 5) is 2.49. The Morgan fingerprint density at radius 2 is 1.86 bits per heavy atom. The summed E-state index contributed by atoms with van der Waals surface area (Å²) in [5.41, 5.74) is 7.93. The number of sulfonamides is 1. The minimum atomic E-state index is -3.77. The van der Waals surface area contributed by atoms with Gasteiger partial charge in [0.1, 0.15) is 0 Å². The summed E-state index contributed by atoms with van der Waals surface area (Å²) in [6.07, 6.45) is 0. The topological polar surface area (TPSA) is 98.2 Å². The number of hydrogen-bond acceptors (Lipinski definition) is 5. The van der Waals surface area contributed by atoms with Gasteiger partial charge in [0.15, 0.2) is 0 Å². The number of nitrogens with two attached hydrogens (primary N) is 2. The van der Waals surface area contributed by atoms with Crippen LogP contribution in [0, 0.1) is 13.8 Å². The molecule has 0 aliphatic heterocycles. The molecule has 5 N–H and O–H groups in total. The Balaban J connectivity index is 2.31. The van der Waals surface area contributed by atoms with Crippen molar-refractivity contribution in [1.29, 1.82) is 0 Å². The van der Waals surface area contributed by atoms with E-state index in [9.17, 15) is 8.42 Å². The first-order chi connectivity index (χ1) is 9.66. The number of nitrogens with one attached hydrogen (secondary N) is 1. The molecular weight excluding hydrogens is 306 g/mol. The van der Waals surface area contributed by atoms with Crippen molar-refractivity contribution < 1.29 is 8.42 Å². The number of thiophene rings is 1. The zero-order valence-corrected chi connectivity index (χ0v) is 13.8. The van der Waals surface area contributed by atoms with Crippen molar-refractivity contribution in [1.82, 2.24) is 0 Å². The molecule has 0 spiro atoms. The van der Waals surface area contributed by atoms with Crippen LogP contribution in [-0.4, -0.2) is 8.42 Å². The van der Waals surface area contributed by atoms with Gasteiger partial charge in [0.2, 0.25) is 10.0 Å². The van der Waals surface area contributed by atoms with Crippen molar-refractivity contribution in [3.63, 3.8) is 0 Å². The normalized spacial score (nSPS) is 13.1. The van der Waals surface area contributed by atoms with E-state index in [1.54, 1.807) is 17.4 Å². The van der Waals surface area contributed by atoms with Crippen LogP contribution in [0.5, 0.6) is 0 Å². The van der Waals surface area contributed by atoms with Gasteiger partial charge in [-0.2, -0.15) is 0 Å². The lowest BCUT2D eigenvalue weighted by Gasteiger charge is -2.16. The highest BCUT2D eigenvalue weighted by Crippen LogP contribution is 2.29. The van der Waals surface area contributed by atoms with Crippen LogP contribution in [0.1, 0.15) is 28.3 Å². The van der Waals surface area contributed by atoms with Gasteiger partial charge < -0.3 is 11.1 Å². The van der Waals surface area contributed by atoms with Crippen molar-refractivity contribution in [2.45, 2.75) is 31.7 Å². The predicted octanol–water partition coefficient (Wildman–Crippen LogP) is 2.77. The van der Waals surface area contributed by atoms with Gasteiger partial charge in [-0.3, -0.25) is 0 Å². The summed E-state index contributed by atoms with van der Waals surface area (Å²) in [5.74, 6) is 0. The van der Waals surface area contributed by atoms with Crippen molar-refractivity contribution in [2.75, 3.05) is 11.1 Å². The van der Waals surface area contributed by atoms with Gasteiger partial charge in [-0.05, 0) is 50.6 Å². The van der Waals surface area contributed by atoms with Crippen molar-refractivity contribution >= 4 is 32.7 Å². The average molecular weight is 325 g/mol. The highest BCUT2D eigenvalue weighted by molar-refractivity contribution is 7.89. The highest BCUT2D eigenvalue weighted by Gasteiger charge is 2.14. The lowest BCUT2D eigenvalue weighted by atomic mass is 10.1. The van der Waals surface area contributed by atoms with Gasteiger partial charge in [-0.25, -0.2) is 13.6 Å². The average Bonchev–Trinajstić information content (AvgIpc) is 2.66. The maximum atomic E-state index is 11.4. The molecule has 0 aliphatic carbocycles. The predicted molar refractivity (Wildman–Crippen MR) is 88.1 cm³/mol.